The van der Waals surface area contributed by atoms with Crippen molar-refractivity contribution in [2.24, 2.45) is 0 Å². The van der Waals surface area contributed by atoms with Crippen LogP contribution in [0.25, 0.3) is 0 Å². The topological polar surface area (TPSA) is 67.4 Å². The molecule has 0 aliphatic heterocycles. The zero-order valence-electron chi connectivity index (χ0n) is 17.7. The SMILES string of the molecule is CCOc1ccccc1C(=O)NCC(=O)NCCC(c1ccccc1)c1ccccc1. The van der Waals surface area contributed by atoms with Crippen molar-refractivity contribution in [3.05, 3.63) is 102 Å². The minimum Gasteiger partial charge on any atom is -0.493 e. The summed E-state index contributed by atoms with van der Waals surface area (Å²) in [6, 6.07) is 27.5. The number of nitrogens with one attached hydrogen (secondary N) is 2. The Morgan fingerprint density at radius 3 is 2.00 bits per heavy atom. The van der Waals surface area contributed by atoms with Crippen LogP contribution >= 0.6 is 0 Å². The molecule has 3 aromatic rings. The summed E-state index contributed by atoms with van der Waals surface area (Å²) in [5.74, 6) is 0.152. The van der Waals surface area contributed by atoms with E-state index >= 15 is 0 Å². The first-order valence-corrected chi connectivity index (χ1v) is 10.6. The first-order chi connectivity index (χ1) is 15.2. The van der Waals surface area contributed by atoms with Gasteiger partial charge >= 0.3 is 0 Å². The van der Waals surface area contributed by atoms with Gasteiger partial charge in [-0.05, 0) is 36.6 Å². The van der Waals surface area contributed by atoms with Gasteiger partial charge in [0.05, 0.1) is 18.7 Å². The van der Waals surface area contributed by atoms with Crippen LogP contribution in [-0.4, -0.2) is 31.5 Å². The molecule has 0 aromatic heterocycles. The van der Waals surface area contributed by atoms with Crippen LogP contribution in [0, 0.1) is 0 Å². The quantitative estimate of drug-likeness (QED) is 0.522. The molecule has 5 heteroatoms. The number of carbonyl (C=O) groups is 2. The van der Waals surface area contributed by atoms with Crippen LogP contribution < -0.4 is 15.4 Å². The van der Waals surface area contributed by atoms with E-state index in [1.165, 1.54) is 11.1 Å². The number of hydrogen-bond donors (Lipinski definition) is 2. The zero-order valence-corrected chi connectivity index (χ0v) is 17.7. The fraction of sp³-hybridized carbons (Fsp3) is 0.231. The molecule has 0 aliphatic rings. The van der Waals surface area contributed by atoms with E-state index in [2.05, 4.69) is 34.9 Å². The molecule has 0 unspecified atom stereocenters. The van der Waals surface area contributed by atoms with Gasteiger partial charge < -0.3 is 15.4 Å². The molecule has 0 saturated carbocycles. The highest BCUT2D eigenvalue weighted by Gasteiger charge is 2.15. The maximum Gasteiger partial charge on any atom is 0.255 e. The minimum atomic E-state index is -0.328. The van der Waals surface area contributed by atoms with Crippen LogP contribution in [-0.2, 0) is 4.79 Å². The van der Waals surface area contributed by atoms with Gasteiger partial charge in [-0.15, -0.1) is 0 Å². The van der Waals surface area contributed by atoms with Gasteiger partial charge in [-0.3, -0.25) is 9.59 Å². The summed E-state index contributed by atoms with van der Waals surface area (Å²) in [4.78, 5) is 24.7. The molecule has 2 amide bonds. The number of carbonyl (C=O) groups excluding carboxylic acids is 2. The second-order valence-electron chi connectivity index (χ2n) is 7.12. The summed E-state index contributed by atoms with van der Waals surface area (Å²) < 4.78 is 5.48. The summed E-state index contributed by atoms with van der Waals surface area (Å²) in [6.07, 6.45) is 0.765. The average Bonchev–Trinajstić information content (AvgIpc) is 2.82. The molecule has 160 valence electrons. The molecule has 0 bridgehead atoms. The molecule has 5 nitrogen and oxygen atoms in total. The third kappa shape index (κ3) is 6.44. The average molecular weight is 417 g/mol. The Bertz CT molecular complexity index is 935. The number of ether oxygens (including phenoxy) is 1. The molecular formula is C26H28N2O3. The number of hydrogen-bond acceptors (Lipinski definition) is 3. The van der Waals surface area contributed by atoms with E-state index in [1.807, 2.05) is 49.4 Å². The van der Waals surface area contributed by atoms with Gasteiger partial charge in [-0.1, -0.05) is 72.8 Å². The van der Waals surface area contributed by atoms with E-state index in [9.17, 15) is 9.59 Å². The van der Waals surface area contributed by atoms with Crippen molar-refractivity contribution < 1.29 is 14.3 Å². The van der Waals surface area contributed by atoms with Crippen molar-refractivity contribution >= 4 is 11.8 Å². The molecule has 0 aliphatic carbocycles. The first-order valence-electron chi connectivity index (χ1n) is 10.6. The van der Waals surface area contributed by atoms with E-state index in [0.717, 1.165) is 6.42 Å². The van der Waals surface area contributed by atoms with E-state index in [0.29, 0.717) is 24.5 Å². The lowest BCUT2D eigenvalue weighted by atomic mass is 9.88. The third-order valence-electron chi connectivity index (χ3n) is 5.00. The van der Waals surface area contributed by atoms with Crippen LogP contribution in [0.1, 0.15) is 40.7 Å². The van der Waals surface area contributed by atoms with Gasteiger partial charge in [0, 0.05) is 12.5 Å². The van der Waals surface area contributed by atoms with Crippen molar-refractivity contribution in [1.29, 1.82) is 0 Å². The van der Waals surface area contributed by atoms with Gasteiger partial charge in [0.1, 0.15) is 5.75 Å². The zero-order chi connectivity index (χ0) is 21.9. The molecule has 0 radical (unpaired) electrons. The monoisotopic (exact) mass is 416 g/mol. The standard InChI is InChI=1S/C26H28N2O3/c1-2-31-24-16-10-9-15-23(24)26(30)28-19-25(29)27-18-17-22(20-11-5-3-6-12-20)21-13-7-4-8-14-21/h3-16,22H,2,17-19H2,1H3,(H,27,29)(H,28,30). The fourth-order valence-electron chi connectivity index (χ4n) is 3.51. The number of rotatable bonds is 10. The Kier molecular flexibility index (Phi) is 8.23. The second-order valence-corrected chi connectivity index (χ2v) is 7.12. The summed E-state index contributed by atoms with van der Waals surface area (Å²) in [5, 5.41) is 5.58. The Morgan fingerprint density at radius 2 is 1.39 bits per heavy atom. The second kappa shape index (κ2) is 11.6. The van der Waals surface area contributed by atoms with Crippen LogP contribution in [0.4, 0.5) is 0 Å². The first kappa shape index (κ1) is 22.1. The van der Waals surface area contributed by atoms with Crippen molar-refractivity contribution in [1.82, 2.24) is 10.6 Å². The van der Waals surface area contributed by atoms with Crippen LogP contribution in [0.15, 0.2) is 84.9 Å². The normalized spacial score (nSPS) is 10.5. The van der Waals surface area contributed by atoms with Gasteiger partial charge in [-0.2, -0.15) is 0 Å². The van der Waals surface area contributed by atoms with Crippen molar-refractivity contribution in [2.45, 2.75) is 19.3 Å². The maximum atomic E-state index is 12.4. The van der Waals surface area contributed by atoms with Crippen LogP contribution in [0.2, 0.25) is 0 Å². The van der Waals surface area contributed by atoms with E-state index < -0.39 is 0 Å². The third-order valence-corrected chi connectivity index (χ3v) is 5.00. The Labute approximate surface area is 183 Å². The molecule has 0 spiro atoms. The predicted molar refractivity (Wildman–Crippen MR) is 122 cm³/mol. The van der Waals surface area contributed by atoms with E-state index in [4.69, 9.17) is 4.74 Å². The van der Waals surface area contributed by atoms with Crippen molar-refractivity contribution in [3.63, 3.8) is 0 Å². The molecule has 31 heavy (non-hydrogen) atoms. The molecule has 0 saturated heterocycles. The molecule has 2 N–H and O–H groups in total. The summed E-state index contributed by atoms with van der Waals surface area (Å²) in [6.45, 7) is 2.76. The van der Waals surface area contributed by atoms with E-state index in [1.54, 1.807) is 18.2 Å². The molecule has 0 atom stereocenters. The van der Waals surface area contributed by atoms with Crippen molar-refractivity contribution in [2.75, 3.05) is 19.7 Å². The number of benzene rings is 3. The predicted octanol–water partition coefficient (Wildman–Crippen LogP) is 4.15. The maximum absolute atomic E-state index is 12.4. The highest BCUT2D eigenvalue weighted by molar-refractivity contribution is 5.98. The fourth-order valence-corrected chi connectivity index (χ4v) is 3.51. The summed E-state index contributed by atoms with van der Waals surface area (Å²) in [7, 11) is 0. The van der Waals surface area contributed by atoms with Gasteiger partial charge in [0.2, 0.25) is 5.91 Å². The smallest absolute Gasteiger partial charge is 0.255 e. The summed E-state index contributed by atoms with van der Waals surface area (Å²) in [5.41, 5.74) is 2.85. The van der Waals surface area contributed by atoms with Crippen LogP contribution in [0.3, 0.4) is 0 Å². The number of para-hydroxylation sites is 1. The molecular weight excluding hydrogens is 388 g/mol. The molecule has 0 heterocycles. The Balaban J connectivity index is 1.52. The lowest BCUT2D eigenvalue weighted by molar-refractivity contribution is -0.120. The highest BCUT2D eigenvalue weighted by atomic mass is 16.5. The summed E-state index contributed by atoms with van der Waals surface area (Å²) >= 11 is 0. The van der Waals surface area contributed by atoms with E-state index in [-0.39, 0.29) is 24.3 Å². The lowest BCUT2D eigenvalue weighted by Gasteiger charge is -2.18. The highest BCUT2D eigenvalue weighted by Crippen LogP contribution is 2.27. The minimum absolute atomic E-state index is 0.0827. The number of amides is 2. The van der Waals surface area contributed by atoms with Gasteiger partial charge in [-0.25, -0.2) is 0 Å². The van der Waals surface area contributed by atoms with Gasteiger partial charge in [0.25, 0.3) is 5.91 Å². The van der Waals surface area contributed by atoms with Crippen molar-refractivity contribution in [3.8, 4) is 5.75 Å². The Hall–Kier alpha value is -3.60. The molecule has 3 rings (SSSR count). The largest absolute Gasteiger partial charge is 0.493 e. The molecule has 0 fully saturated rings. The Morgan fingerprint density at radius 1 is 0.806 bits per heavy atom. The lowest BCUT2D eigenvalue weighted by Crippen LogP contribution is -2.37. The van der Waals surface area contributed by atoms with Gasteiger partial charge in [0.15, 0.2) is 0 Å². The molecule has 3 aromatic carbocycles. The van der Waals surface area contributed by atoms with Crippen LogP contribution in [0.5, 0.6) is 5.75 Å².